The summed E-state index contributed by atoms with van der Waals surface area (Å²) in [4.78, 5) is 54.3. The molecular weight excluding hydrogens is 601 g/mol. The number of aromatic nitrogens is 4. The second kappa shape index (κ2) is 18.3. The van der Waals surface area contributed by atoms with E-state index in [0.29, 0.717) is 23.3 Å². The highest BCUT2D eigenvalue weighted by Crippen LogP contribution is 2.48. The molecule has 0 aliphatic carbocycles. The lowest BCUT2D eigenvalue weighted by atomic mass is 10.4. The lowest BCUT2D eigenvalue weighted by Gasteiger charge is -2.21. The first-order valence-corrected chi connectivity index (χ1v) is 14.1. The fourth-order valence-corrected chi connectivity index (χ4v) is 3.68. The van der Waals surface area contributed by atoms with Gasteiger partial charge in [-0.3, -0.25) is 13.6 Å². The predicted molar refractivity (Wildman–Crippen MR) is 144 cm³/mol. The number of imidazole rings is 1. The van der Waals surface area contributed by atoms with Crippen molar-refractivity contribution in [3.63, 3.8) is 0 Å². The number of anilines is 1. The third-order valence-electron chi connectivity index (χ3n) is 4.29. The van der Waals surface area contributed by atoms with Crippen molar-refractivity contribution in [1.82, 2.24) is 19.5 Å². The van der Waals surface area contributed by atoms with E-state index in [-0.39, 0.29) is 12.4 Å². The number of ether oxygens (including phenoxy) is 5. The summed E-state index contributed by atoms with van der Waals surface area (Å²) >= 11 is 0. The average molecular weight is 636 g/mol. The van der Waals surface area contributed by atoms with Crippen LogP contribution in [0, 0.1) is 0 Å². The third-order valence-corrected chi connectivity index (χ3v) is 5.75. The minimum atomic E-state index is -4.06. The van der Waals surface area contributed by atoms with Crippen LogP contribution in [0.1, 0.15) is 34.6 Å². The first-order chi connectivity index (χ1) is 20.1. The van der Waals surface area contributed by atoms with Gasteiger partial charge in [0.2, 0.25) is 13.6 Å². The summed E-state index contributed by atoms with van der Waals surface area (Å²) in [5.74, 6) is -2.28. The zero-order chi connectivity index (χ0) is 32.6. The van der Waals surface area contributed by atoms with Gasteiger partial charge in [0.25, 0.3) is 0 Å². The van der Waals surface area contributed by atoms with Gasteiger partial charge in [-0.1, -0.05) is 0 Å². The first kappa shape index (κ1) is 36.7. The molecule has 43 heavy (non-hydrogen) atoms. The number of rotatable bonds is 15. The Hall–Kier alpha value is -4.32. The molecule has 2 aromatic heterocycles. The van der Waals surface area contributed by atoms with Crippen molar-refractivity contribution in [2.45, 2.75) is 59.5 Å². The van der Waals surface area contributed by atoms with E-state index in [1.807, 2.05) is 0 Å². The number of hydrogen-bond donors (Lipinski definition) is 3. The van der Waals surface area contributed by atoms with Crippen LogP contribution in [-0.2, 0) is 53.4 Å². The van der Waals surface area contributed by atoms with Gasteiger partial charge in [0.05, 0.1) is 31.2 Å². The minimum Gasteiger partial charge on any atom is -0.478 e. The van der Waals surface area contributed by atoms with Crippen LogP contribution < -0.4 is 5.73 Å². The van der Waals surface area contributed by atoms with Crippen LogP contribution in [0.4, 0.5) is 15.4 Å². The van der Waals surface area contributed by atoms with Gasteiger partial charge < -0.3 is 44.2 Å². The van der Waals surface area contributed by atoms with Crippen molar-refractivity contribution in [3.05, 3.63) is 24.8 Å². The lowest BCUT2D eigenvalue weighted by Crippen LogP contribution is -2.20. The van der Waals surface area contributed by atoms with E-state index in [1.165, 1.54) is 12.7 Å². The number of nitrogens with zero attached hydrogens (tertiary/aromatic N) is 4. The monoisotopic (exact) mass is 635 g/mol. The molecule has 0 bridgehead atoms. The van der Waals surface area contributed by atoms with Crippen LogP contribution in [-0.4, -0.2) is 92.2 Å². The van der Waals surface area contributed by atoms with Crippen molar-refractivity contribution >= 4 is 48.8 Å². The number of carboxylic acids is 2. The van der Waals surface area contributed by atoms with E-state index >= 15 is 0 Å². The Labute approximate surface area is 245 Å². The Morgan fingerprint density at radius 1 is 0.907 bits per heavy atom. The quantitative estimate of drug-likeness (QED) is 0.110. The minimum absolute atomic E-state index is 0.237. The van der Waals surface area contributed by atoms with Crippen molar-refractivity contribution in [1.29, 1.82) is 0 Å². The molecule has 2 rings (SSSR count). The third kappa shape index (κ3) is 15.5. The van der Waals surface area contributed by atoms with Crippen LogP contribution in [0.3, 0.4) is 0 Å². The van der Waals surface area contributed by atoms with Crippen LogP contribution in [0.25, 0.3) is 11.2 Å². The molecule has 2 heterocycles. The molecule has 4 N–H and O–H groups in total. The molecule has 0 unspecified atom stereocenters. The van der Waals surface area contributed by atoms with Gasteiger partial charge in [0, 0.05) is 12.2 Å². The molecule has 1 atom stereocenters. The maximum atomic E-state index is 13.1. The SMILES string of the molecule is CC(C)OC(=O)OCOP(=O)(CO[C@H](C)Cn1cnc2c(N)ncnc21)OCOC(=O)OC(C)C.O=C(O)/C=C\C(=O)O. The molecule has 0 fully saturated rings. The second-order valence-electron chi connectivity index (χ2n) is 8.67. The van der Waals surface area contributed by atoms with Gasteiger partial charge in [-0.15, -0.1) is 0 Å². The van der Waals surface area contributed by atoms with E-state index in [9.17, 15) is 23.7 Å². The van der Waals surface area contributed by atoms with Gasteiger partial charge in [-0.25, -0.2) is 34.1 Å². The number of fused-ring (bicyclic) bond motifs is 1. The first-order valence-electron chi connectivity index (χ1n) is 12.3. The van der Waals surface area contributed by atoms with Crippen LogP contribution >= 0.6 is 7.60 Å². The number of carbonyl (C=O) groups is 4. The van der Waals surface area contributed by atoms with Gasteiger partial charge in [-0.2, -0.15) is 0 Å². The molecule has 0 aliphatic rings. The molecule has 0 saturated carbocycles. The maximum absolute atomic E-state index is 13.1. The number of aliphatic carboxylic acids is 2. The summed E-state index contributed by atoms with van der Waals surface area (Å²) < 4.78 is 49.7. The molecule has 240 valence electrons. The zero-order valence-electron chi connectivity index (χ0n) is 24.0. The van der Waals surface area contributed by atoms with E-state index in [4.69, 9.17) is 48.7 Å². The summed E-state index contributed by atoms with van der Waals surface area (Å²) in [6, 6.07) is 0. The molecule has 0 spiro atoms. The Bertz CT molecular complexity index is 1250. The number of nitrogen functional groups attached to an aromatic ring is 1. The fraction of sp³-hybridized carbons (Fsp3) is 0.522. The number of hydrogen-bond acceptors (Lipinski definition) is 16. The molecule has 2 aromatic rings. The molecular formula is C23H34N5O14P. The normalized spacial score (nSPS) is 12.1. The second-order valence-corrected chi connectivity index (χ2v) is 10.7. The van der Waals surface area contributed by atoms with Crippen molar-refractivity contribution in [3.8, 4) is 0 Å². The molecule has 0 radical (unpaired) electrons. The maximum Gasteiger partial charge on any atom is 0.510 e. The van der Waals surface area contributed by atoms with E-state index < -0.39 is 70.1 Å². The summed E-state index contributed by atoms with van der Waals surface area (Å²) in [5.41, 5.74) is 6.72. The molecule has 0 saturated heterocycles. The van der Waals surface area contributed by atoms with Crippen LogP contribution in [0.5, 0.6) is 0 Å². The highest BCUT2D eigenvalue weighted by atomic mass is 31.2. The molecule has 0 aliphatic heterocycles. The van der Waals surface area contributed by atoms with Crippen molar-refractivity contribution in [2.75, 3.05) is 25.7 Å². The smallest absolute Gasteiger partial charge is 0.478 e. The lowest BCUT2D eigenvalue weighted by molar-refractivity contribution is -0.134. The Balaban J connectivity index is 0.00000101. The summed E-state index contributed by atoms with van der Waals surface area (Å²) in [6.07, 6.45) is -0.0196. The van der Waals surface area contributed by atoms with Gasteiger partial charge >= 0.3 is 31.8 Å². The van der Waals surface area contributed by atoms with Crippen molar-refractivity contribution in [2.24, 2.45) is 0 Å². The summed E-state index contributed by atoms with van der Waals surface area (Å²) in [7, 11) is -4.06. The Morgan fingerprint density at radius 2 is 1.42 bits per heavy atom. The molecule has 0 aromatic carbocycles. The van der Waals surface area contributed by atoms with Crippen molar-refractivity contribution < 1.29 is 66.7 Å². The van der Waals surface area contributed by atoms with E-state index in [2.05, 4.69) is 15.0 Å². The van der Waals surface area contributed by atoms with Crippen LogP contribution in [0.2, 0.25) is 0 Å². The molecule has 20 heteroatoms. The Kier molecular flexibility index (Phi) is 15.6. The van der Waals surface area contributed by atoms with Gasteiger partial charge in [0.1, 0.15) is 18.2 Å². The number of nitrogens with two attached hydrogens (primary N) is 1. The highest BCUT2D eigenvalue weighted by Gasteiger charge is 2.29. The predicted octanol–water partition coefficient (Wildman–Crippen LogP) is 2.75. The van der Waals surface area contributed by atoms with E-state index in [0.717, 1.165) is 0 Å². The summed E-state index contributed by atoms with van der Waals surface area (Å²) in [5, 5.41) is 15.6. The fourth-order valence-electron chi connectivity index (χ4n) is 2.60. The summed E-state index contributed by atoms with van der Waals surface area (Å²) in [6.45, 7) is 6.98. The number of carboxylic acid groups (broad SMARTS) is 2. The topological polar surface area (TPSA) is 260 Å². The van der Waals surface area contributed by atoms with E-state index in [1.54, 1.807) is 39.2 Å². The number of carbonyl (C=O) groups excluding carboxylic acids is 2. The van der Waals surface area contributed by atoms with Crippen LogP contribution in [0.15, 0.2) is 24.8 Å². The molecule has 0 amide bonds. The Morgan fingerprint density at radius 3 is 1.88 bits per heavy atom. The standard InChI is InChI=1S/C19H30N5O10P.C4H4O4/c1-12(2)33-18(25)28-9-31-35(27,32-10-29-19(26)34-13(3)4)11-30-14(5)6-24-8-23-15-16(20)21-7-22-17(15)24;5-3(6)1-2-4(7)8/h7-8,12-14H,6,9-11H2,1-5H3,(H2,20,21,22);1-2H,(H,5,6)(H,7,8)/b;2-1-/t14-;/m1./s1. The van der Waals surface area contributed by atoms with Gasteiger partial charge in [0.15, 0.2) is 11.5 Å². The average Bonchev–Trinajstić information content (AvgIpc) is 3.30. The molecule has 19 nitrogen and oxygen atoms in total. The largest absolute Gasteiger partial charge is 0.510 e. The highest BCUT2D eigenvalue weighted by molar-refractivity contribution is 7.53. The van der Waals surface area contributed by atoms with Gasteiger partial charge in [-0.05, 0) is 34.6 Å². The zero-order valence-corrected chi connectivity index (χ0v) is 24.9.